The molecule has 0 aromatic rings. The summed E-state index contributed by atoms with van der Waals surface area (Å²) < 4.78 is 0. The molecule has 0 aliphatic heterocycles. The monoisotopic (exact) mass is 308 g/mol. The van der Waals surface area contributed by atoms with Gasteiger partial charge in [-0.05, 0) is 57.8 Å². The lowest BCUT2D eigenvalue weighted by molar-refractivity contribution is -0.137. The quantitative estimate of drug-likeness (QED) is 0.255. The molecule has 0 aliphatic carbocycles. The summed E-state index contributed by atoms with van der Waals surface area (Å²) in [6.07, 6.45) is 25.2. The van der Waals surface area contributed by atoms with Crippen molar-refractivity contribution in [2.75, 3.05) is 0 Å². The molecule has 0 saturated carbocycles. The first kappa shape index (κ1) is 20.9. The lowest BCUT2D eigenvalue weighted by atomic mass is 10.1. The molecule has 0 fully saturated rings. The summed E-state index contributed by atoms with van der Waals surface area (Å²) in [5, 5.41) is 8.52. The van der Waals surface area contributed by atoms with Gasteiger partial charge in [-0.15, -0.1) is 0 Å². The average Bonchev–Trinajstić information content (AvgIpc) is 2.50. The highest BCUT2D eigenvalue weighted by Gasteiger charge is 1.94. The van der Waals surface area contributed by atoms with Crippen LogP contribution in [0, 0.1) is 0 Å². The second-order valence-electron chi connectivity index (χ2n) is 6.07. The van der Waals surface area contributed by atoms with E-state index in [0.717, 1.165) is 25.7 Å². The number of rotatable bonds is 16. The van der Waals surface area contributed by atoms with Gasteiger partial charge in [-0.25, -0.2) is 0 Å². The van der Waals surface area contributed by atoms with Gasteiger partial charge in [0, 0.05) is 6.42 Å². The molecule has 22 heavy (non-hydrogen) atoms. The zero-order valence-electron chi connectivity index (χ0n) is 14.6. The molecule has 0 saturated heterocycles. The summed E-state index contributed by atoms with van der Waals surface area (Å²) in [5.41, 5.74) is 0. The van der Waals surface area contributed by atoms with Crippen LogP contribution in [0.15, 0.2) is 24.3 Å². The number of unbranched alkanes of at least 4 members (excludes halogenated alkanes) is 10. The van der Waals surface area contributed by atoms with Crippen molar-refractivity contribution in [1.29, 1.82) is 0 Å². The van der Waals surface area contributed by atoms with Crippen LogP contribution in [0.5, 0.6) is 0 Å². The Morgan fingerprint density at radius 2 is 1.09 bits per heavy atom. The molecule has 128 valence electrons. The van der Waals surface area contributed by atoms with Gasteiger partial charge in [0.1, 0.15) is 0 Å². The summed E-state index contributed by atoms with van der Waals surface area (Å²) in [6, 6.07) is 0. The average molecular weight is 309 g/mol. The van der Waals surface area contributed by atoms with Crippen LogP contribution in [-0.2, 0) is 4.79 Å². The van der Waals surface area contributed by atoms with E-state index in [1.807, 2.05) is 0 Å². The van der Waals surface area contributed by atoms with Gasteiger partial charge in [-0.2, -0.15) is 0 Å². The molecule has 0 heterocycles. The van der Waals surface area contributed by atoms with E-state index in [2.05, 4.69) is 31.2 Å². The summed E-state index contributed by atoms with van der Waals surface area (Å²) >= 11 is 0. The second kappa shape index (κ2) is 18.0. The third-order valence-corrected chi connectivity index (χ3v) is 3.81. The Morgan fingerprint density at radius 1 is 0.682 bits per heavy atom. The summed E-state index contributed by atoms with van der Waals surface area (Å²) in [7, 11) is 0. The Labute approximate surface area is 137 Å². The molecule has 0 atom stereocenters. The Balaban J connectivity index is 3.17. The Hall–Kier alpha value is -1.05. The molecule has 0 amide bonds. The van der Waals surface area contributed by atoms with Gasteiger partial charge in [-0.3, -0.25) is 4.79 Å². The molecule has 0 rings (SSSR count). The standard InChI is InChI=1S/C20H36O2/c1-2-3-4-5-6-7-8-9-10-11-12-13-14-15-16-17-18-19-20(21)22/h7-8,13-14H,2-6,9-12,15-19H2,1H3,(H,21,22). The fourth-order valence-electron chi connectivity index (χ4n) is 2.40. The molecule has 2 heteroatoms. The van der Waals surface area contributed by atoms with Crippen LogP contribution in [-0.4, -0.2) is 11.1 Å². The highest BCUT2D eigenvalue weighted by Crippen LogP contribution is 2.07. The van der Waals surface area contributed by atoms with E-state index in [0.29, 0.717) is 6.42 Å². The Kier molecular flexibility index (Phi) is 17.1. The summed E-state index contributed by atoms with van der Waals surface area (Å²) in [4.78, 5) is 10.3. The van der Waals surface area contributed by atoms with Crippen molar-refractivity contribution >= 4 is 5.97 Å². The number of carboxylic acid groups (broad SMARTS) is 1. The maximum absolute atomic E-state index is 10.3. The van der Waals surface area contributed by atoms with E-state index in [1.54, 1.807) is 0 Å². The third kappa shape index (κ3) is 18.9. The van der Waals surface area contributed by atoms with Crippen LogP contribution >= 0.6 is 0 Å². The first-order chi connectivity index (χ1) is 10.8. The molecule has 0 aromatic heterocycles. The Bertz CT molecular complexity index is 292. The molecular formula is C20H36O2. The summed E-state index contributed by atoms with van der Waals surface area (Å²) in [6.45, 7) is 2.25. The fraction of sp³-hybridized carbons (Fsp3) is 0.750. The SMILES string of the molecule is CCCCCCC=CCCCCC=CCCCCCC(=O)O. The molecular weight excluding hydrogens is 272 g/mol. The van der Waals surface area contributed by atoms with Gasteiger partial charge in [-0.1, -0.05) is 56.9 Å². The fourth-order valence-corrected chi connectivity index (χ4v) is 2.40. The van der Waals surface area contributed by atoms with Crippen LogP contribution in [0.25, 0.3) is 0 Å². The van der Waals surface area contributed by atoms with Crippen molar-refractivity contribution in [2.45, 2.75) is 96.8 Å². The minimum absolute atomic E-state index is 0.315. The molecule has 0 unspecified atom stereocenters. The van der Waals surface area contributed by atoms with Gasteiger partial charge in [0.05, 0.1) is 0 Å². The predicted molar refractivity (Wildman–Crippen MR) is 96.2 cm³/mol. The zero-order valence-corrected chi connectivity index (χ0v) is 14.6. The number of carbonyl (C=O) groups is 1. The smallest absolute Gasteiger partial charge is 0.303 e. The molecule has 0 spiro atoms. The van der Waals surface area contributed by atoms with Gasteiger partial charge >= 0.3 is 5.97 Å². The lowest BCUT2D eigenvalue weighted by Crippen LogP contribution is -1.93. The first-order valence-corrected chi connectivity index (χ1v) is 9.29. The largest absolute Gasteiger partial charge is 0.481 e. The number of aliphatic carboxylic acids is 1. The van der Waals surface area contributed by atoms with Crippen molar-refractivity contribution < 1.29 is 9.90 Å². The minimum Gasteiger partial charge on any atom is -0.481 e. The van der Waals surface area contributed by atoms with E-state index in [9.17, 15) is 4.79 Å². The molecule has 0 aromatic carbocycles. The number of hydrogen-bond donors (Lipinski definition) is 1. The van der Waals surface area contributed by atoms with Gasteiger partial charge < -0.3 is 5.11 Å². The second-order valence-corrected chi connectivity index (χ2v) is 6.07. The van der Waals surface area contributed by atoms with Gasteiger partial charge in [0.15, 0.2) is 0 Å². The highest BCUT2D eigenvalue weighted by molar-refractivity contribution is 5.66. The van der Waals surface area contributed by atoms with Gasteiger partial charge in [0.2, 0.25) is 0 Å². The molecule has 1 N–H and O–H groups in total. The first-order valence-electron chi connectivity index (χ1n) is 9.29. The van der Waals surface area contributed by atoms with E-state index >= 15 is 0 Å². The highest BCUT2D eigenvalue weighted by atomic mass is 16.4. The van der Waals surface area contributed by atoms with Crippen LogP contribution in [0.4, 0.5) is 0 Å². The maximum atomic E-state index is 10.3. The molecule has 0 radical (unpaired) electrons. The van der Waals surface area contributed by atoms with Crippen LogP contribution in [0.1, 0.15) is 96.8 Å². The predicted octanol–water partition coefficient (Wildman–Crippen LogP) is 6.66. The van der Waals surface area contributed by atoms with Gasteiger partial charge in [0.25, 0.3) is 0 Å². The van der Waals surface area contributed by atoms with Crippen LogP contribution in [0.3, 0.4) is 0 Å². The van der Waals surface area contributed by atoms with Crippen molar-refractivity contribution in [3.8, 4) is 0 Å². The molecule has 0 aliphatic rings. The topological polar surface area (TPSA) is 37.3 Å². The van der Waals surface area contributed by atoms with E-state index in [-0.39, 0.29) is 0 Å². The third-order valence-electron chi connectivity index (χ3n) is 3.81. The normalized spacial score (nSPS) is 11.7. The van der Waals surface area contributed by atoms with Crippen LogP contribution < -0.4 is 0 Å². The van der Waals surface area contributed by atoms with E-state index in [1.165, 1.54) is 57.8 Å². The number of hydrogen-bond acceptors (Lipinski definition) is 1. The van der Waals surface area contributed by atoms with Crippen molar-refractivity contribution in [1.82, 2.24) is 0 Å². The maximum Gasteiger partial charge on any atom is 0.303 e. The van der Waals surface area contributed by atoms with E-state index < -0.39 is 5.97 Å². The lowest BCUT2D eigenvalue weighted by Gasteiger charge is -1.96. The number of carboxylic acids is 1. The zero-order chi connectivity index (χ0) is 16.3. The Morgan fingerprint density at radius 3 is 1.50 bits per heavy atom. The molecule has 2 nitrogen and oxygen atoms in total. The summed E-state index contributed by atoms with van der Waals surface area (Å²) in [5.74, 6) is -0.675. The molecule has 0 bridgehead atoms. The number of allylic oxidation sites excluding steroid dienone is 4. The van der Waals surface area contributed by atoms with Crippen molar-refractivity contribution in [2.24, 2.45) is 0 Å². The van der Waals surface area contributed by atoms with Crippen LogP contribution in [0.2, 0.25) is 0 Å². The van der Waals surface area contributed by atoms with E-state index in [4.69, 9.17) is 5.11 Å². The van der Waals surface area contributed by atoms with Crippen molar-refractivity contribution in [3.63, 3.8) is 0 Å². The van der Waals surface area contributed by atoms with Crippen molar-refractivity contribution in [3.05, 3.63) is 24.3 Å². The minimum atomic E-state index is -0.675.